The highest BCUT2D eigenvalue weighted by atomic mass is 16.6. The molecule has 1 amide bonds. The lowest BCUT2D eigenvalue weighted by molar-refractivity contribution is -0.384. The quantitative estimate of drug-likeness (QED) is 0.409. The topological polar surface area (TPSA) is 110 Å². The Hall–Kier alpha value is -3.66. The fourth-order valence-electron chi connectivity index (χ4n) is 3.26. The Labute approximate surface area is 180 Å². The van der Waals surface area contributed by atoms with Crippen LogP contribution < -0.4 is 19.8 Å². The first-order valence-electron chi connectivity index (χ1n) is 9.69. The van der Waals surface area contributed by atoms with Gasteiger partial charge in [-0.3, -0.25) is 14.9 Å². The molecule has 0 saturated carbocycles. The van der Waals surface area contributed by atoms with Crippen LogP contribution in [0.2, 0.25) is 0 Å². The van der Waals surface area contributed by atoms with Crippen molar-refractivity contribution in [2.45, 2.75) is 0 Å². The van der Waals surface area contributed by atoms with Gasteiger partial charge < -0.3 is 19.3 Å². The molecule has 2 aromatic carbocycles. The summed E-state index contributed by atoms with van der Waals surface area (Å²) < 4.78 is 10.4. The number of ether oxygens (including phenoxy) is 2. The van der Waals surface area contributed by atoms with Crippen LogP contribution in [-0.4, -0.2) is 69.4 Å². The Morgan fingerprint density at radius 3 is 2.32 bits per heavy atom. The van der Waals surface area contributed by atoms with Gasteiger partial charge in [0.1, 0.15) is 11.5 Å². The highest BCUT2D eigenvalue weighted by Crippen LogP contribution is 2.25. The summed E-state index contributed by atoms with van der Waals surface area (Å²) in [6.07, 6.45) is 1.43. The number of likely N-dealkylation sites (N-methyl/N-ethyl adjacent to an activating group) is 1. The van der Waals surface area contributed by atoms with Gasteiger partial charge in [-0.1, -0.05) is 0 Å². The number of hydrogen-bond acceptors (Lipinski definition) is 8. The highest BCUT2D eigenvalue weighted by molar-refractivity contribution is 5.96. The van der Waals surface area contributed by atoms with E-state index in [1.54, 1.807) is 24.3 Å². The Bertz CT molecular complexity index is 964. The third kappa shape index (κ3) is 5.48. The minimum Gasteiger partial charge on any atom is -0.497 e. The van der Waals surface area contributed by atoms with Gasteiger partial charge in [0.15, 0.2) is 0 Å². The first-order valence-corrected chi connectivity index (χ1v) is 9.69. The molecule has 1 heterocycles. The van der Waals surface area contributed by atoms with E-state index < -0.39 is 10.8 Å². The van der Waals surface area contributed by atoms with E-state index in [0.717, 1.165) is 31.9 Å². The van der Waals surface area contributed by atoms with Crippen LogP contribution in [0.15, 0.2) is 41.5 Å². The van der Waals surface area contributed by atoms with E-state index in [-0.39, 0.29) is 5.69 Å². The number of rotatable bonds is 7. The van der Waals surface area contributed by atoms with Gasteiger partial charge in [0, 0.05) is 61.2 Å². The van der Waals surface area contributed by atoms with Crippen molar-refractivity contribution < 1.29 is 19.2 Å². The largest absolute Gasteiger partial charge is 0.497 e. The minimum atomic E-state index is -0.458. The molecule has 0 bridgehead atoms. The lowest BCUT2D eigenvalue weighted by Crippen LogP contribution is -2.44. The lowest BCUT2D eigenvalue weighted by atomic mass is 10.1. The number of non-ortho nitro benzene ring substituents is 1. The first-order chi connectivity index (χ1) is 14.9. The number of amides is 1. The van der Waals surface area contributed by atoms with Crippen LogP contribution in [0.3, 0.4) is 0 Å². The summed E-state index contributed by atoms with van der Waals surface area (Å²) in [4.78, 5) is 27.6. The van der Waals surface area contributed by atoms with Gasteiger partial charge in [0.05, 0.1) is 25.4 Å². The zero-order valence-electron chi connectivity index (χ0n) is 17.7. The maximum atomic E-state index is 12.5. The molecule has 0 aliphatic carbocycles. The van der Waals surface area contributed by atoms with Gasteiger partial charge in [0.2, 0.25) is 0 Å². The van der Waals surface area contributed by atoms with E-state index in [4.69, 9.17) is 9.47 Å². The second-order valence-electron chi connectivity index (χ2n) is 7.09. The summed E-state index contributed by atoms with van der Waals surface area (Å²) >= 11 is 0. The van der Waals surface area contributed by atoms with Crippen molar-refractivity contribution in [3.8, 4) is 11.5 Å². The van der Waals surface area contributed by atoms with E-state index in [1.165, 1.54) is 32.6 Å². The van der Waals surface area contributed by atoms with Gasteiger partial charge in [0.25, 0.3) is 11.6 Å². The average molecular weight is 427 g/mol. The molecule has 1 fully saturated rings. The molecule has 31 heavy (non-hydrogen) atoms. The Balaban J connectivity index is 1.81. The minimum absolute atomic E-state index is 0.0387. The number of piperazine rings is 1. The van der Waals surface area contributed by atoms with Crippen LogP contribution in [0, 0.1) is 10.1 Å². The van der Waals surface area contributed by atoms with Crippen LogP contribution in [0.1, 0.15) is 15.9 Å². The fraction of sp³-hybridized carbons (Fsp3) is 0.333. The van der Waals surface area contributed by atoms with Crippen molar-refractivity contribution >= 4 is 23.5 Å². The van der Waals surface area contributed by atoms with Gasteiger partial charge in [-0.05, 0) is 25.2 Å². The summed E-state index contributed by atoms with van der Waals surface area (Å²) in [6, 6.07) is 9.45. The predicted molar refractivity (Wildman–Crippen MR) is 117 cm³/mol. The predicted octanol–water partition coefficient (Wildman–Crippen LogP) is 2.13. The molecule has 1 aliphatic rings. The number of nitro groups is 1. The smallest absolute Gasteiger partial charge is 0.271 e. The number of nitrogens with one attached hydrogen (secondary N) is 1. The van der Waals surface area contributed by atoms with Crippen LogP contribution in [0.5, 0.6) is 11.5 Å². The van der Waals surface area contributed by atoms with Crippen molar-refractivity contribution in [3.05, 3.63) is 57.6 Å². The summed E-state index contributed by atoms with van der Waals surface area (Å²) in [5.74, 6) is 0.495. The number of methoxy groups -OCH3 is 2. The molecule has 1 N–H and O–H groups in total. The van der Waals surface area contributed by atoms with Gasteiger partial charge in [-0.2, -0.15) is 5.10 Å². The van der Waals surface area contributed by atoms with E-state index in [9.17, 15) is 14.9 Å². The molecule has 10 heteroatoms. The molecule has 0 unspecified atom stereocenters. The Morgan fingerprint density at radius 2 is 1.74 bits per heavy atom. The number of benzene rings is 2. The third-order valence-electron chi connectivity index (χ3n) is 5.05. The van der Waals surface area contributed by atoms with Crippen LogP contribution >= 0.6 is 0 Å². The molecular formula is C21H25N5O5. The van der Waals surface area contributed by atoms with Crippen molar-refractivity contribution in [2.24, 2.45) is 5.10 Å². The summed E-state index contributed by atoms with van der Waals surface area (Å²) in [5.41, 5.74) is 4.12. The van der Waals surface area contributed by atoms with Crippen molar-refractivity contribution in [3.63, 3.8) is 0 Å². The summed E-state index contributed by atoms with van der Waals surface area (Å²) in [7, 11) is 5.05. The van der Waals surface area contributed by atoms with Crippen molar-refractivity contribution in [1.82, 2.24) is 10.3 Å². The zero-order chi connectivity index (χ0) is 22.4. The maximum Gasteiger partial charge on any atom is 0.271 e. The van der Waals surface area contributed by atoms with Crippen molar-refractivity contribution in [1.29, 1.82) is 0 Å². The molecule has 2 aromatic rings. The number of carbonyl (C=O) groups is 1. The second-order valence-corrected chi connectivity index (χ2v) is 7.09. The van der Waals surface area contributed by atoms with Crippen LogP contribution in [-0.2, 0) is 0 Å². The van der Waals surface area contributed by atoms with E-state index >= 15 is 0 Å². The monoisotopic (exact) mass is 427 g/mol. The van der Waals surface area contributed by atoms with Crippen LogP contribution in [0.25, 0.3) is 0 Å². The second kappa shape index (κ2) is 9.90. The van der Waals surface area contributed by atoms with E-state index in [0.29, 0.717) is 22.6 Å². The maximum absolute atomic E-state index is 12.5. The molecular weight excluding hydrogens is 402 g/mol. The molecule has 1 aliphatic heterocycles. The highest BCUT2D eigenvalue weighted by Gasteiger charge is 2.19. The molecule has 1 saturated heterocycles. The fourth-order valence-corrected chi connectivity index (χ4v) is 3.26. The Kier molecular flexibility index (Phi) is 7.03. The standard InChI is InChI=1S/C21H25N5O5/c1-24-6-8-25(9-7-24)20-5-4-17(26(28)29)10-16(20)14-22-23-21(27)15-11-18(30-2)13-19(12-15)31-3/h4-5,10-14H,6-9H2,1-3H3,(H,23,27). The SMILES string of the molecule is COc1cc(OC)cc(C(=O)NN=Cc2cc([N+](=O)[O-])ccc2N2CCN(C)CC2)c1. The first kappa shape index (κ1) is 22.0. The van der Waals surface area contributed by atoms with Gasteiger partial charge in [-0.15, -0.1) is 0 Å². The molecule has 3 rings (SSSR count). The molecule has 0 spiro atoms. The normalized spacial score (nSPS) is 14.5. The summed E-state index contributed by atoms with van der Waals surface area (Å²) in [5, 5.41) is 15.3. The number of nitrogens with zero attached hydrogens (tertiary/aromatic N) is 4. The van der Waals surface area contributed by atoms with Crippen molar-refractivity contribution in [2.75, 3.05) is 52.3 Å². The Morgan fingerprint density at radius 1 is 1.10 bits per heavy atom. The number of carbonyl (C=O) groups excluding carboxylic acids is 1. The lowest BCUT2D eigenvalue weighted by Gasteiger charge is -2.34. The van der Waals surface area contributed by atoms with Crippen LogP contribution in [0.4, 0.5) is 11.4 Å². The molecule has 0 atom stereocenters. The third-order valence-corrected chi connectivity index (χ3v) is 5.05. The average Bonchev–Trinajstić information content (AvgIpc) is 2.79. The molecule has 10 nitrogen and oxygen atoms in total. The van der Waals surface area contributed by atoms with E-state index in [1.807, 2.05) is 0 Å². The molecule has 164 valence electrons. The van der Waals surface area contributed by atoms with Gasteiger partial charge in [-0.25, -0.2) is 5.43 Å². The number of anilines is 1. The molecule has 0 radical (unpaired) electrons. The zero-order valence-corrected chi connectivity index (χ0v) is 17.7. The summed E-state index contributed by atoms with van der Waals surface area (Å²) in [6.45, 7) is 3.38. The van der Waals surface area contributed by atoms with Gasteiger partial charge >= 0.3 is 0 Å². The number of nitro benzene ring substituents is 1. The molecule has 0 aromatic heterocycles. The number of hydrogen-bond donors (Lipinski definition) is 1. The number of hydrazone groups is 1. The van der Waals surface area contributed by atoms with E-state index in [2.05, 4.69) is 27.4 Å².